The molecule has 2 atom stereocenters. The van der Waals surface area contributed by atoms with Gasteiger partial charge < -0.3 is 19.9 Å². The van der Waals surface area contributed by atoms with Gasteiger partial charge in [-0.2, -0.15) is 5.06 Å². The van der Waals surface area contributed by atoms with Crippen LogP contribution >= 0.6 is 23.2 Å². The van der Waals surface area contributed by atoms with Crippen LogP contribution in [0.1, 0.15) is 27.0 Å². The molecular weight excluding hydrogens is 454 g/mol. The highest BCUT2D eigenvalue weighted by molar-refractivity contribution is 7.90. The van der Waals surface area contributed by atoms with Crippen LogP contribution in [0.25, 0.3) is 0 Å². The average molecular weight is 473 g/mol. The molecule has 0 fully saturated rings. The molecule has 0 saturated heterocycles. The fourth-order valence-corrected chi connectivity index (χ4v) is 4.74. The van der Waals surface area contributed by atoms with Crippen LogP contribution in [0.15, 0.2) is 29.2 Å². The van der Waals surface area contributed by atoms with Crippen molar-refractivity contribution in [3.63, 3.8) is 0 Å². The van der Waals surface area contributed by atoms with Gasteiger partial charge in [-0.3, -0.25) is 4.79 Å². The zero-order chi connectivity index (χ0) is 22.0. The number of carbonyl (C=O) groups excluding carboxylic acids is 2. The van der Waals surface area contributed by atoms with Crippen LogP contribution in [0, 0.1) is 5.82 Å². The van der Waals surface area contributed by atoms with Crippen molar-refractivity contribution in [2.24, 2.45) is 0 Å². The van der Waals surface area contributed by atoms with Crippen LogP contribution in [-0.4, -0.2) is 45.9 Å². The Balaban J connectivity index is 1.82. The smallest absolute Gasteiger partial charge is 0.254 e. The summed E-state index contributed by atoms with van der Waals surface area (Å²) in [4.78, 5) is 24.7. The minimum atomic E-state index is -1.39. The van der Waals surface area contributed by atoms with Gasteiger partial charge in [0.1, 0.15) is 18.4 Å². The van der Waals surface area contributed by atoms with Gasteiger partial charge in [-0.15, -0.1) is 0 Å². The Morgan fingerprint density at radius 3 is 2.80 bits per heavy atom. The second-order valence-electron chi connectivity index (χ2n) is 6.99. The van der Waals surface area contributed by atoms with E-state index in [-0.39, 0.29) is 28.6 Å². The first-order valence-electron chi connectivity index (χ1n) is 9.02. The van der Waals surface area contributed by atoms with E-state index < -0.39 is 28.9 Å². The maximum atomic E-state index is 13.8. The minimum absolute atomic E-state index is 0.0108. The van der Waals surface area contributed by atoms with Gasteiger partial charge >= 0.3 is 0 Å². The highest BCUT2D eigenvalue weighted by atomic mass is 35.5. The molecule has 0 saturated carbocycles. The molecule has 0 bridgehead atoms. The third-order valence-corrected chi connectivity index (χ3v) is 6.43. The van der Waals surface area contributed by atoms with Crippen LogP contribution in [0.4, 0.5) is 4.39 Å². The Morgan fingerprint density at radius 2 is 2.13 bits per heavy atom. The van der Waals surface area contributed by atoms with Gasteiger partial charge in [-0.05, 0) is 58.9 Å². The van der Waals surface area contributed by atoms with E-state index in [1.54, 1.807) is 6.07 Å². The summed E-state index contributed by atoms with van der Waals surface area (Å²) < 4.78 is 25.4. The number of fused-ring (bicyclic) bond motifs is 1. The zero-order valence-electron chi connectivity index (χ0n) is 16.0. The van der Waals surface area contributed by atoms with E-state index in [0.29, 0.717) is 29.7 Å². The maximum Gasteiger partial charge on any atom is 0.254 e. The van der Waals surface area contributed by atoms with Crippen LogP contribution in [0.3, 0.4) is 0 Å². The largest absolute Gasteiger partial charge is 0.612 e. The lowest BCUT2D eigenvalue weighted by Gasteiger charge is -2.25. The normalized spacial score (nSPS) is 15.9. The van der Waals surface area contributed by atoms with Crippen molar-refractivity contribution >= 4 is 46.6 Å². The predicted molar refractivity (Wildman–Crippen MR) is 112 cm³/mol. The summed E-state index contributed by atoms with van der Waals surface area (Å²) in [6.45, 7) is 0.613. The van der Waals surface area contributed by atoms with Gasteiger partial charge in [0.05, 0.1) is 21.7 Å². The quantitative estimate of drug-likeness (QED) is 0.497. The molecule has 2 aromatic carbocycles. The first kappa shape index (κ1) is 23.0. The van der Waals surface area contributed by atoms with E-state index in [9.17, 15) is 23.7 Å². The minimum Gasteiger partial charge on any atom is -0.612 e. The molecule has 2 aromatic rings. The number of rotatable bonds is 6. The van der Waals surface area contributed by atoms with E-state index in [4.69, 9.17) is 23.2 Å². The number of hydroxylamine groups is 2. The molecule has 6 nitrogen and oxygen atoms in total. The van der Waals surface area contributed by atoms with Crippen molar-refractivity contribution in [3.05, 3.63) is 62.4 Å². The second-order valence-corrected chi connectivity index (χ2v) is 9.16. The van der Waals surface area contributed by atoms with Gasteiger partial charge in [-0.1, -0.05) is 23.2 Å². The van der Waals surface area contributed by atoms with Crippen LogP contribution < -0.4 is 5.32 Å². The molecule has 0 radical (unpaired) electrons. The van der Waals surface area contributed by atoms with Gasteiger partial charge in [0.2, 0.25) is 0 Å². The first-order chi connectivity index (χ1) is 14.2. The highest BCUT2D eigenvalue weighted by Crippen LogP contribution is 2.34. The molecule has 160 valence electrons. The number of benzene rings is 2. The van der Waals surface area contributed by atoms with Crippen LogP contribution in [0.5, 0.6) is 0 Å². The summed E-state index contributed by atoms with van der Waals surface area (Å²) in [5, 5.41) is 13.6. The number of aldehydes is 1. The van der Waals surface area contributed by atoms with Gasteiger partial charge in [0, 0.05) is 19.2 Å². The van der Waals surface area contributed by atoms with Gasteiger partial charge in [0.15, 0.2) is 4.90 Å². The summed E-state index contributed by atoms with van der Waals surface area (Å²) in [5.41, 5.74) is 1.91. The number of hydrogen-bond donors (Lipinski definition) is 2. The summed E-state index contributed by atoms with van der Waals surface area (Å²) in [6, 6.07) is 4.52. The molecule has 1 heterocycles. The van der Waals surface area contributed by atoms with E-state index in [0.717, 1.165) is 22.3 Å². The Morgan fingerprint density at radius 1 is 1.40 bits per heavy atom. The molecule has 1 amide bonds. The lowest BCUT2D eigenvalue weighted by molar-refractivity contribution is -0.109. The van der Waals surface area contributed by atoms with Crippen LogP contribution in [-0.2, 0) is 35.4 Å². The van der Waals surface area contributed by atoms with Crippen molar-refractivity contribution in [1.82, 2.24) is 10.4 Å². The number of nitrogens with zero attached hydrogens (tertiary/aromatic N) is 1. The van der Waals surface area contributed by atoms with E-state index in [1.807, 2.05) is 0 Å². The van der Waals surface area contributed by atoms with E-state index in [1.165, 1.54) is 18.4 Å². The summed E-state index contributed by atoms with van der Waals surface area (Å²) in [7, 11) is 0. The molecule has 2 N–H and O–H groups in total. The molecule has 0 aromatic heterocycles. The predicted octanol–water partition coefficient (Wildman–Crippen LogP) is 3.16. The monoisotopic (exact) mass is 472 g/mol. The molecule has 1 aliphatic rings. The van der Waals surface area contributed by atoms with Gasteiger partial charge in [-0.25, -0.2) is 4.39 Å². The molecule has 1 aliphatic heterocycles. The van der Waals surface area contributed by atoms with E-state index >= 15 is 0 Å². The number of halogens is 3. The average Bonchev–Trinajstić information content (AvgIpc) is 2.66. The van der Waals surface area contributed by atoms with Crippen molar-refractivity contribution < 1.29 is 23.7 Å². The topological polar surface area (TPSA) is 92.7 Å². The molecule has 30 heavy (non-hydrogen) atoms. The summed E-state index contributed by atoms with van der Waals surface area (Å²) >= 11 is 11.3. The van der Waals surface area contributed by atoms with Gasteiger partial charge in [0.25, 0.3) is 5.91 Å². The standard InChI is InChI=1S/C20H19Cl2FN2O4S/c1-30(29)15-6-11(4-13(23)8-15)5-14(10-26)24-20(27)18-17(21)7-12-9-25(28)3-2-16(12)19(18)22/h4,6-8,10,14,28H,2-3,5,9H2,1H3,(H,24,27)/t14-,30?/m0/s1. The summed E-state index contributed by atoms with van der Waals surface area (Å²) in [6.07, 6.45) is 2.42. The molecular formula is C20H19Cl2FN2O4S. The van der Waals surface area contributed by atoms with Crippen molar-refractivity contribution in [1.29, 1.82) is 0 Å². The number of nitrogens with one attached hydrogen (secondary N) is 1. The summed E-state index contributed by atoms with van der Waals surface area (Å²) in [5.74, 6) is -1.21. The first-order valence-corrected chi connectivity index (χ1v) is 11.3. The Hall–Kier alpha value is -1.68. The van der Waals surface area contributed by atoms with Crippen molar-refractivity contribution in [3.8, 4) is 0 Å². The molecule has 0 spiro atoms. The lowest BCUT2D eigenvalue weighted by atomic mass is 9.97. The molecule has 3 rings (SSSR count). The van der Waals surface area contributed by atoms with E-state index in [2.05, 4.69) is 5.32 Å². The number of amides is 1. The Bertz CT molecular complexity index is 990. The van der Waals surface area contributed by atoms with Crippen LogP contribution in [0.2, 0.25) is 10.0 Å². The third-order valence-electron chi connectivity index (χ3n) is 4.81. The lowest BCUT2D eigenvalue weighted by Crippen LogP contribution is -2.38. The Kier molecular flexibility index (Phi) is 7.38. The third kappa shape index (κ3) is 5.14. The maximum absolute atomic E-state index is 13.8. The number of carbonyl (C=O) groups is 2. The highest BCUT2D eigenvalue weighted by Gasteiger charge is 2.26. The Labute approximate surface area is 186 Å². The number of hydrogen-bond acceptors (Lipinski definition) is 5. The van der Waals surface area contributed by atoms with Crippen molar-refractivity contribution in [2.75, 3.05) is 12.8 Å². The molecule has 1 unspecified atom stereocenters. The zero-order valence-corrected chi connectivity index (χ0v) is 18.3. The molecule has 0 aliphatic carbocycles. The van der Waals surface area contributed by atoms with Crippen molar-refractivity contribution in [2.45, 2.75) is 30.3 Å². The SMILES string of the molecule is C[S+]([O-])c1cc(F)cc(C[C@@H](C=O)NC(=O)c2c(Cl)cc3c(c2Cl)CCN(O)C3)c1. The fraction of sp³-hybridized carbons (Fsp3) is 0.300. The second kappa shape index (κ2) is 9.64. The fourth-order valence-electron chi connectivity index (χ4n) is 3.38. The molecule has 10 heteroatoms.